The van der Waals surface area contributed by atoms with Gasteiger partial charge in [0.1, 0.15) is 0 Å². The molecule has 1 aliphatic heterocycles. The number of hydrogen-bond donors (Lipinski definition) is 0. The van der Waals surface area contributed by atoms with E-state index < -0.39 is 5.60 Å². The summed E-state index contributed by atoms with van der Waals surface area (Å²) in [7, 11) is 0. The Morgan fingerprint density at radius 2 is 1.76 bits per heavy atom. The molecule has 0 aromatic heterocycles. The van der Waals surface area contributed by atoms with Crippen molar-refractivity contribution in [3.8, 4) is 6.07 Å². The van der Waals surface area contributed by atoms with Crippen molar-refractivity contribution < 1.29 is 4.84 Å². The Hall–Kier alpha value is -2.15. The lowest BCUT2D eigenvalue weighted by Gasteiger charge is -2.23. The van der Waals surface area contributed by atoms with Crippen LogP contribution in [0.5, 0.6) is 0 Å². The van der Waals surface area contributed by atoms with Crippen LogP contribution >= 0.6 is 0 Å². The van der Waals surface area contributed by atoms with Crippen LogP contribution in [-0.2, 0) is 11.4 Å². The fraction of sp³-hybridized carbons (Fsp3) is 0.278. The van der Waals surface area contributed by atoms with Crippen LogP contribution in [0.15, 0.2) is 60.7 Å². The second kappa shape index (κ2) is 5.69. The lowest BCUT2D eigenvalue weighted by Crippen LogP contribution is -2.26. The Kier molecular flexibility index (Phi) is 3.74. The zero-order valence-corrected chi connectivity index (χ0v) is 12.1. The summed E-state index contributed by atoms with van der Waals surface area (Å²) in [5.74, 6) is 0. The molecule has 21 heavy (non-hydrogen) atoms. The third-order valence-electron chi connectivity index (χ3n) is 3.85. The molecule has 0 saturated carbocycles. The molecule has 3 heteroatoms. The smallest absolute Gasteiger partial charge is 0.174 e. The van der Waals surface area contributed by atoms with Gasteiger partial charge in [0.15, 0.2) is 5.60 Å². The summed E-state index contributed by atoms with van der Waals surface area (Å²) >= 11 is 0. The molecule has 0 aliphatic carbocycles. The highest BCUT2D eigenvalue weighted by molar-refractivity contribution is 5.23. The summed E-state index contributed by atoms with van der Waals surface area (Å²) in [6.07, 6.45) is 0.681. The number of rotatable bonds is 3. The molecule has 0 unspecified atom stereocenters. The Morgan fingerprint density at radius 3 is 2.38 bits per heavy atom. The molecule has 2 atom stereocenters. The fourth-order valence-electron chi connectivity index (χ4n) is 2.76. The van der Waals surface area contributed by atoms with Gasteiger partial charge in [0.05, 0.1) is 12.1 Å². The van der Waals surface area contributed by atoms with E-state index >= 15 is 0 Å². The highest BCUT2D eigenvalue weighted by atomic mass is 16.7. The fourth-order valence-corrected chi connectivity index (χ4v) is 2.76. The monoisotopic (exact) mass is 278 g/mol. The van der Waals surface area contributed by atoms with Gasteiger partial charge in [0.2, 0.25) is 0 Å². The van der Waals surface area contributed by atoms with Crippen molar-refractivity contribution in [2.45, 2.75) is 31.5 Å². The first-order valence-electron chi connectivity index (χ1n) is 7.16. The van der Waals surface area contributed by atoms with Crippen molar-refractivity contribution in [3.63, 3.8) is 0 Å². The van der Waals surface area contributed by atoms with E-state index in [1.54, 1.807) is 0 Å². The maximum absolute atomic E-state index is 9.37. The maximum Gasteiger partial charge on any atom is 0.174 e. The molecule has 0 bridgehead atoms. The van der Waals surface area contributed by atoms with E-state index in [2.05, 4.69) is 30.3 Å². The van der Waals surface area contributed by atoms with Gasteiger partial charge in [-0.2, -0.15) is 10.3 Å². The van der Waals surface area contributed by atoms with E-state index in [-0.39, 0.29) is 6.04 Å². The Morgan fingerprint density at radius 1 is 1.14 bits per heavy atom. The van der Waals surface area contributed by atoms with Crippen molar-refractivity contribution >= 4 is 0 Å². The lowest BCUT2D eigenvalue weighted by atomic mass is 9.95. The highest BCUT2D eigenvalue weighted by Crippen LogP contribution is 2.40. The minimum Gasteiger partial charge on any atom is -0.276 e. The van der Waals surface area contributed by atoms with Crippen LogP contribution in [0.3, 0.4) is 0 Å². The van der Waals surface area contributed by atoms with Gasteiger partial charge in [-0.1, -0.05) is 60.7 Å². The highest BCUT2D eigenvalue weighted by Gasteiger charge is 2.43. The number of nitriles is 1. The number of hydroxylamine groups is 2. The molecule has 0 radical (unpaired) electrons. The minimum atomic E-state index is -0.755. The summed E-state index contributed by atoms with van der Waals surface area (Å²) in [5, 5.41) is 11.3. The molecular formula is C18H18N2O. The van der Waals surface area contributed by atoms with Crippen LogP contribution in [0.25, 0.3) is 0 Å². The summed E-state index contributed by atoms with van der Waals surface area (Å²) in [6, 6.07) is 22.8. The Bertz CT molecular complexity index is 635. The van der Waals surface area contributed by atoms with E-state index in [9.17, 15) is 5.26 Å². The third kappa shape index (κ3) is 2.97. The normalized spacial score (nSPS) is 25.6. The van der Waals surface area contributed by atoms with Gasteiger partial charge in [0.25, 0.3) is 0 Å². The quantitative estimate of drug-likeness (QED) is 0.855. The zero-order valence-electron chi connectivity index (χ0n) is 12.1. The van der Waals surface area contributed by atoms with Crippen LogP contribution in [0, 0.1) is 11.3 Å². The molecule has 0 amide bonds. The summed E-state index contributed by atoms with van der Waals surface area (Å²) < 4.78 is 0. The van der Waals surface area contributed by atoms with E-state index in [0.29, 0.717) is 13.0 Å². The largest absolute Gasteiger partial charge is 0.276 e. The second-order valence-electron chi connectivity index (χ2n) is 5.63. The average molecular weight is 278 g/mol. The molecule has 2 aromatic rings. The van der Waals surface area contributed by atoms with Crippen molar-refractivity contribution in [1.29, 1.82) is 5.26 Å². The van der Waals surface area contributed by atoms with Crippen LogP contribution in [0.1, 0.15) is 30.5 Å². The lowest BCUT2D eigenvalue weighted by molar-refractivity contribution is -0.188. The zero-order chi connectivity index (χ0) is 14.7. The van der Waals surface area contributed by atoms with Crippen LogP contribution < -0.4 is 0 Å². The minimum absolute atomic E-state index is 0.107. The summed E-state index contributed by atoms with van der Waals surface area (Å²) in [4.78, 5) is 5.94. The van der Waals surface area contributed by atoms with E-state index in [4.69, 9.17) is 4.84 Å². The van der Waals surface area contributed by atoms with Gasteiger partial charge in [-0.3, -0.25) is 4.84 Å². The molecular weight excluding hydrogens is 260 g/mol. The number of nitrogens with zero attached hydrogens (tertiary/aromatic N) is 2. The van der Waals surface area contributed by atoms with Crippen LogP contribution in [0.2, 0.25) is 0 Å². The van der Waals surface area contributed by atoms with Crippen LogP contribution in [-0.4, -0.2) is 10.7 Å². The van der Waals surface area contributed by atoms with Gasteiger partial charge >= 0.3 is 0 Å². The van der Waals surface area contributed by atoms with E-state index in [1.165, 1.54) is 11.1 Å². The second-order valence-corrected chi connectivity index (χ2v) is 5.63. The molecule has 3 rings (SSSR count). The number of hydrogen-bond acceptors (Lipinski definition) is 3. The van der Waals surface area contributed by atoms with Gasteiger partial charge in [-0.05, 0) is 18.1 Å². The molecule has 3 nitrogen and oxygen atoms in total. The van der Waals surface area contributed by atoms with Crippen molar-refractivity contribution in [3.05, 3.63) is 71.8 Å². The predicted molar refractivity (Wildman–Crippen MR) is 80.9 cm³/mol. The Labute approximate surface area is 125 Å². The molecule has 106 valence electrons. The summed E-state index contributed by atoms with van der Waals surface area (Å²) in [5.41, 5.74) is 1.61. The van der Waals surface area contributed by atoms with Crippen molar-refractivity contribution in [1.82, 2.24) is 5.06 Å². The first-order valence-corrected chi connectivity index (χ1v) is 7.16. The molecule has 0 N–H and O–H groups in total. The maximum atomic E-state index is 9.37. The number of benzene rings is 2. The topological polar surface area (TPSA) is 36.3 Å². The predicted octanol–water partition coefficient (Wildman–Crippen LogP) is 3.85. The van der Waals surface area contributed by atoms with Gasteiger partial charge in [-0.15, -0.1) is 0 Å². The molecule has 1 heterocycles. The SMILES string of the molecule is C[C@]1(C#N)C[C@H](c2ccccc2)N(Cc2ccccc2)O1. The first kappa shape index (κ1) is 13.8. The molecule has 1 fully saturated rings. The molecule has 0 spiro atoms. The third-order valence-corrected chi connectivity index (χ3v) is 3.85. The molecule has 2 aromatic carbocycles. The van der Waals surface area contributed by atoms with E-state index in [0.717, 1.165) is 0 Å². The average Bonchev–Trinajstić information content (AvgIpc) is 2.87. The Balaban J connectivity index is 1.87. The first-order chi connectivity index (χ1) is 10.2. The molecule has 1 aliphatic rings. The van der Waals surface area contributed by atoms with Crippen LogP contribution in [0.4, 0.5) is 0 Å². The van der Waals surface area contributed by atoms with Gasteiger partial charge < -0.3 is 0 Å². The van der Waals surface area contributed by atoms with Gasteiger partial charge in [-0.25, -0.2) is 0 Å². The van der Waals surface area contributed by atoms with E-state index in [1.807, 2.05) is 48.4 Å². The summed E-state index contributed by atoms with van der Waals surface area (Å²) in [6.45, 7) is 2.53. The van der Waals surface area contributed by atoms with Crippen molar-refractivity contribution in [2.75, 3.05) is 0 Å². The molecule has 1 saturated heterocycles. The standard InChI is InChI=1S/C18H18N2O/c1-18(14-19)12-17(16-10-6-3-7-11-16)20(21-18)13-15-8-4-2-5-9-15/h2-11,17H,12-13H2,1H3/t17-,18-/m1/s1. The van der Waals surface area contributed by atoms with Crippen molar-refractivity contribution in [2.24, 2.45) is 0 Å². The van der Waals surface area contributed by atoms with Gasteiger partial charge in [0, 0.05) is 13.0 Å².